The first kappa shape index (κ1) is 16.2. The molecule has 0 saturated heterocycles. The molecule has 128 valence electrons. The van der Waals surface area contributed by atoms with Crippen molar-refractivity contribution in [3.8, 4) is 11.5 Å². The number of amides is 3. The summed E-state index contributed by atoms with van der Waals surface area (Å²) in [7, 11) is 0. The lowest BCUT2D eigenvalue weighted by Gasteiger charge is -2.08. The summed E-state index contributed by atoms with van der Waals surface area (Å²) >= 11 is 0. The Morgan fingerprint density at radius 2 is 1.76 bits per heavy atom. The van der Waals surface area contributed by atoms with Crippen molar-refractivity contribution in [3.63, 3.8) is 0 Å². The molecule has 0 aliphatic carbocycles. The number of hydrazine groups is 1. The standard InChI is InChI=1S/C16H15N5O4/c1-9-8-12(21-24-9)14-13(10(2)20-25-14)15(22)18-19-16(23)17-11-6-4-3-5-7-11/h3-8H,1-2H3,(H,18,22)(H2,17,19,23). The number of hydrogen-bond acceptors (Lipinski definition) is 6. The van der Waals surface area contributed by atoms with Crippen molar-refractivity contribution in [2.24, 2.45) is 0 Å². The van der Waals surface area contributed by atoms with E-state index in [4.69, 9.17) is 9.05 Å². The van der Waals surface area contributed by atoms with Gasteiger partial charge in [-0.15, -0.1) is 0 Å². The Labute approximate surface area is 142 Å². The van der Waals surface area contributed by atoms with Crippen LogP contribution < -0.4 is 16.2 Å². The van der Waals surface area contributed by atoms with Crippen LogP contribution in [0, 0.1) is 13.8 Å². The van der Waals surface area contributed by atoms with Gasteiger partial charge in [0.15, 0.2) is 5.69 Å². The molecule has 2 aromatic heterocycles. The van der Waals surface area contributed by atoms with E-state index in [1.165, 1.54) is 0 Å². The Kier molecular flexibility index (Phi) is 4.46. The number of rotatable bonds is 3. The Morgan fingerprint density at radius 1 is 1.00 bits per heavy atom. The van der Waals surface area contributed by atoms with Gasteiger partial charge in [-0.1, -0.05) is 28.5 Å². The van der Waals surface area contributed by atoms with Crippen molar-refractivity contribution in [2.75, 3.05) is 5.32 Å². The molecule has 0 aliphatic heterocycles. The maximum absolute atomic E-state index is 12.4. The predicted octanol–water partition coefficient (Wildman–Crippen LogP) is 2.41. The number of nitrogens with one attached hydrogen (secondary N) is 3. The second kappa shape index (κ2) is 6.87. The topological polar surface area (TPSA) is 122 Å². The SMILES string of the molecule is Cc1cc(-c2onc(C)c2C(=O)NNC(=O)Nc2ccccc2)no1. The van der Waals surface area contributed by atoms with Gasteiger partial charge in [0.25, 0.3) is 5.91 Å². The smallest absolute Gasteiger partial charge is 0.337 e. The van der Waals surface area contributed by atoms with Crippen LogP contribution in [0.3, 0.4) is 0 Å². The number of aryl methyl sites for hydroxylation is 2. The molecule has 9 heteroatoms. The number of para-hydroxylation sites is 1. The quantitative estimate of drug-likeness (QED) is 0.629. The molecule has 3 amide bonds. The summed E-state index contributed by atoms with van der Waals surface area (Å²) in [5, 5.41) is 10.2. The predicted molar refractivity (Wildman–Crippen MR) is 87.5 cm³/mol. The Balaban J connectivity index is 1.68. The van der Waals surface area contributed by atoms with Gasteiger partial charge in [0.1, 0.15) is 11.3 Å². The second-order valence-corrected chi connectivity index (χ2v) is 5.19. The number of hydrogen-bond donors (Lipinski definition) is 3. The van der Waals surface area contributed by atoms with Crippen LogP contribution in [-0.4, -0.2) is 22.3 Å². The molecule has 25 heavy (non-hydrogen) atoms. The van der Waals surface area contributed by atoms with Gasteiger partial charge in [-0.05, 0) is 26.0 Å². The van der Waals surface area contributed by atoms with Crippen LogP contribution in [-0.2, 0) is 0 Å². The zero-order chi connectivity index (χ0) is 17.8. The van der Waals surface area contributed by atoms with Gasteiger partial charge < -0.3 is 14.4 Å². The Morgan fingerprint density at radius 3 is 2.44 bits per heavy atom. The number of carbonyl (C=O) groups is 2. The summed E-state index contributed by atoms with van der Waals surface area (Å²) in [6, 6.07) is 9.85. The van der Waals surface area contributed by atoms with Crippen LogP contribution in [0.2, 0.25) is 0 Å². The van der Waals surface area contributed by atoms with Crippen molar-refractivity contribution in [2.45, 2.75) is 13.8 Å². The van der Waals surface area contributed by atoms with Crippen molar-refractivity contribution >= 4 is 17.6 Å². The lowest BCUT2D eigenvalue weighted by molar-refractivity contribution is 0.0937. The van der Waals surface area contributed by atoms with Crippen LogP contribution >= 0.6 is 0 Å². The lowest BCUT2D eigenvalue weighted by Crippen LogP contribution is -2.44. The van der Waals surface area contributed by atoms with E-state index in [0.29, 0.717) is 22.8 Å². The number of urea groups is 1. The maximum Gasteiger partial charge on any atom is 0.337 e. The average Bonchev–Trinajstić information content (AvgIpc) is 3.19. The lowest BCUT2D eigenvalue weighted by atomic mass is 10.1. The van der Waals surface area contributed by atoms with E-state index in [0.717, 1.165) is 0 Å². The molecule has 0 bridgehead atoms. The van der Waals surface area contributed by atoms with E-state index in [2.05, 4.69) is 26.5 Å². The van der Waals surface area contributed by atoms with Crippen LogP contribution in [0.5, 0.6) is 0 Å². The average molecular weight is 341 g/mol. The minimum atomic E-state index is -0.590. The van der Waals surface area contributed by atoms with Crippen LogP contribution in [0.15, 0.2) is 45.4 Å². The fourth-order valence-electron chi connectivity index (χ4n) is 2.15. The molecule has 0 fully saturated rings. The van der Waals surface area contributed by atoms with Gasteiger partial charge in [0.2, 0.25) is 5.76 Å². The molecule has 3 N–H and O–H groups in total. The summed E-state index contributed by atoms with van der Waals surface area (Å²) in [6.07, 6.45) is 0. The van der Waals surface area contributed by atoms with Gasteiger partial charge in [-0.3, -0.25) is 10.2 Å². The molecule has 0 aliphatic rings. The van der Waals surface area contributed by atoms with E-state index < -0.39 is 11.9 Å². The molecule has 3 rings (SSSR count). The van der Waals surface area contributed by atoms with Crippen LogP contribution in [0.25, 0.3) is 11.5 Å². The first-order valence-electron chi connectivity index (χ1n) is 7.37. The number of aromatic nitrogens is 2. The van der Waals surface area contributed by atoms with E-state index in [9.17, 15) is 9.59 Å². The molecule has 2 heterocycles. The molecular weight excluding hydrogens is 326 g/mol. The van der Waals surface area contributed by atoms with E-state index >= 15 is 0 Å². The fourth-order valence-corrected chi connectivity index (χ4v) is 2.15. The molecule has 9 nitrogen and oxygen atoms in total. The molecule has 1 aromatic carbocycles. The third kappa shape index (κ3) is 3.66. The summed E-state index contributed by atoms with van der Waals surface area (Å²) in [6.45, 7) is 3.33. The maximum atomic E-state index is 12.4. The monoisotopic (exact) mass is 341 g/mol. The summed E-state index contributed by atoms with van der Waals surface area (Å²) in [4.78, 5) is 24.2. The summed E-state index contributed by atoms with van der Waals surface area (Å²) in [5.41, 5.74) is 6.03. The highest BCUT2D eigenvalue weighted by molar-refractivity contribution is 6.01. The van der Waals surface area contributed by atoms with E-state index in [-0.39, 0.29) is 11.3 Å². The molecule has 3 aromatic rings. The third-order valence-corrected chi connectivity index (χ3v) is 3.27. The van der Waals surface area contributed by atoms with Crippen molar-refractivity contribution < 1.29 is 18.6 Å². The molecule has 0 radical (unpaired) electrons. The van der Waals surface area contributed by atoms with Gasteiger partial charge in [-0.2, -0.15) is 0 Å². The summed E-state index contributed by atoms with van der Waals surface area (Å²) in [5.74, 6) is 0.144. The number of carbonyl (C=O) groups excluding carboxylic acids is 2. The minimum absolute atomic E-state index is 0.160. The largest absolute Gasteiger partial charge is 0.361 e. The first-order chi connectivity index (χ1) is 12.0. The Hall–Kier alpha value is -3.62. The molecule has 0 spiro atoms. The molecule has 0 saturated carbocycles. The highest BCUT2D eigenvalue weighted by atomic mass is 16.5. The minimum Gasteiger partial charge on any atom is -0.361 e. The highest BCUT2D eigenvalue weighted by Gasteiger charge is 2.24. The first-order valence-corrected chi connectivity index (χ1v) is 7.37. The third-order valence-electron chi connectivity index (χ3n) is 3.27. The van der Waals surface area contributed by atoms with Gasteiger partial charge >= 0.3 is 6.03 Å². The zero-order valence-corrected chi connectivity index (χ0v) is 13.5. The molecule has 0 atom stereocenters. The Bertz CT molecular complexity index is 900. The van der Waals surface area contributed by atoms with E-state index in [1.807, 2.05) is 6.07 Å². The normalized spacial score (nSPS) is 10.3. The number of benzene rings is 1. The van der Waals surface area contributed by atoms with E-state index in [1.54, 1.807) is 44.2 Å². The molecular formula is C16H15N5O4. The zero-order valence-electron chi connectivity index (χ0n) is 13.5. The number of anilines is 1. The summed E-state index contributed by atoms with van der Waals surface area (Å²) < 4.78 is 10.1. The van der Waals surface area contributed by atoms with Crippen molar-refractivity contribution in [1.29, 1.82) is 0 Å². The van der Waals surface area contributed by atoms with Crippen LogP contribution in [0.4, 0.5) is 10.5 Å². The molecule has 0 unspecified atom stereocenters. The second-order valence-electron chi connectivity index (χ2n) is 5.19. The van der Waals surface area contributed by atoms with Crippen LogP contribution in [0.1, 0.15) is 21.8 Å². The fraction of sp³-hybridized carbons (Fsp3) is 0.125. The van der Waals surface area contributed by atoms with Crippen molar-refractivity contribution in [1.82, 2.24) is 21.2 Å². The van der Waals surface area contributed by atoms with Crippen molar-refractivity contribution in [3.05, 3.63) is 53.4 Å². The highest BCUT2D eigenvalue weighted by Crippen LogP contribution is 2.25. The van der Waals surface area contributed by atoms with Gasteiger partial charge in [0, 0.05) is 11.8 Å². The van der Waals surface area contributed by atoms with Gasteiger partial charge in [-0.25, -0.2) is 10.2 Å². The van der Waals surface area contributed by atoms with Gasteiger partial charge in [0.05, 0.1) is 5.69 Å². The number of nitrogens with zero attached hydrogens (tertiary/aromatic N) is 2.